The van der Waals surface area contributed by atoms with Crippen LogP contribution in [0.15, 0.2) is 41.3 Å². The molecule has 1 heterocycles. The molecule has 20 heavy (non-hydrogen) atoms. The lowest BCUT2D eigenvalue weighted by molar-refractivity contribution is 0.0949. The monoisotopic (exact) mass is 272 g/mol. The van der Waals surface area contributed by atoms with E-state index in [0.29, 0.717) is 6.54 Å². The molecule has 0 unspecified atom stereocenters. The van der Waals surface area contributed by atoms with Crippen molar-refractivity contribution < 1.29 is 9.53 Å². The molecule has 5 nitrogen and oxygen atoms in total. The lowest BCUT2D eigenvalue weighted by Crippen LogP contribution is -2.28. The van der Waals surface area contributed by atoms with Crippen molar-refractivity contribution in [1.29, 1.82) is 0 Å². The molecule has 0 bridgehead atoms. The Morgan fingerprint density at radius 1 is 1.35 bits per heavy atom. The first-order valence-corrected chi connectivity index (χ1v) is 6.20. The Morgan fingerprint density at radius 3 is 2.85 bits per heavy atom. The number of aryl methyl sites for hydroxylation is 1. The summed E-state index contributed by atoms with van der Waals surface area (Å²) < 4.78 is 5.11. The zero-order valence-electron chi connectivity index (χ0n) is 11.4. The van der Waals surface area contributed by atoms with Gasteiger partial charge >= 0.3 is 0 Å². The first kappa shape index (κ1) is 13.9. The Bertz CT molecular complexity index is 677. The third-order valence-corrected chi connectivity index (χ3v) is 2.89. The molecule has 0 saturated heterocycles. The van der Waals surface area contributed by atoms with Gasteiger partial charge in [-0.25, -0.2) is 0 Å². The number of aromatic nitrogens is 1. The molecule has 2 N–H and O–H groups in total. The third-order valence-electron chi connectivity index (χ3n) is 2.89. The molecule has 0 radical (unpaired) electrons. The van der Waals surface area contributed by atoms with Crippen molar-refractivity contribution >= 4 is 5.91 Å². The Labute approximate surface area is 116 Å². The van der Waals surface area contributed by atoms with Crippen LogP contribution < -0.4 is 15.5 Å². The summed E-state index contributed by atoms with van der Waals surface area (Å²) in [7, 11) is 1.59. The van der Waals surface area contributed by atoms with Crippen LogP contribution in [-0.4, -0.2) is 18.0 Å². The summed E-state index contributed by atoms with van der Waals surface area (Å²) in [5, 5.41) is 2.71. The van der Waals surface area contributed by atoms with E-state index in [1.54, 1.807) is 14.0 Å². The van der Waals surface area contributed by atoms with Crippen molar-refractivity contribution in [2.24, 2.45) is 0 Å². The Hall–Kier alpha value is -2.56. The van der Waals surface area contributed by atoms with E-state index < -0.39 is 5.91 Å². The molecule has 0 fully saturated rings. The zero-order chi connectivity index (χ0) is 14.5. The molecule has 1 aromatic carbocycles. The van der Waals surface area contributed by atoms with Crippen LogP contribution in [0.5, 0.6) is 5.75 Å². The standard InChI is InChI=1S/C15H16N2O3/c1-10-6-14(18)13(9-16-10)15(19)17-8-11-4-3-5-12(7-11)20-2/h3-7,9H,8H2,1-2H3,(H,16,18)(H,17,19). The second kappa shape index (κ2) is 6.06. The minimum absolute atomic E-state index is 0.110. The van der Waals surface area contributed by atoms with E-state index in [0.717, 1.165) is 17.0 Å². The molecule has 2 rings (SSSR count). The van der Waals surface area contributed by atoms with Crippen molar-refractivity contribution in [1.82, 2.24) is 10.3 Å². The molecule has 1 aromatic heterocycles. The fourth-order valence-electron chi connectivity index (χ4n) is 1.81. The number of aromatic amines is 1. The van der Waals surface area contributed by atoms with E-state index in [1.165, 1.54) is 12.3 Å². The smallest absolute Gasteiger partial charge is 0.257 e. The summed E-state index contributed by atoms with van der Waals surface area (Å²) in [6, 6.07) is 8.79. The highest BCUT2D eigenvalue weighted by atomic mass is 16.5. The molecule has 0 saturated carbocycles. The van der Waals surface area contributed by atoms with E-state index in [4.69, 9.17) is 4.74 Å². The number of methoxy groups -OCH3 is 1. The Kier molecular flexibility index (Phi) is 4.20. The SMILES string of the molecule is COc1cccc(CNC(=O)c2c[nH]c(C)cc2=O)c1. The average molecular weight is 272 g/mol. The van der Waals surface area contributed by atoms with Gasteiger partial charge in [0.15, 0.2) is 5.43 Å². The molecule has 5 heteroatoms. The topological polar surface area (TPSA) is 71.2 Å². The van der Waals surface area contributed by atoms with E-state index in [9.17, 15) is 9.59 Å². The van der Waals surface area contributed by atoms with Gasteiger partial charge in [0.25, 0.3) is 5.91 Å². The maximum Gasteiger partial charge on any atom is 0.257 e. The predicted molar refractivity (Wildman–Crippen MR) is 76.0 cm³/mol. The number of ether oxygens (including phenoxy) is 1. The van der Waals surface area contributed by atoms with Crippen molar-refractivity contribution in [2.75, 3.05) is 7.11 Å². The summed E-state index contributed by atoms with van der Waals surface area (Å²) in [6.45, 7) is 2.10. The number of hydrogen-bond donors (Lipinski definition) is 2. The third kappa shape index (κ3) is 3.26. The maximum absolute atomic E-state index is 11.9. The molecule has 0 aliphatic carbocycles. The van der Waals surface area contributed by atoms with Gasteiger partial charge in [-0.3, -0.25) is 9.59 Å². The molecule has 0 aliphatic rings. The van der Waals surface area contributed by atoms with Crippen molar-refractivity contribution in [3.8, 4) is 5.75 Å². The second-order valence-corrected chi connectivity index (χ2v) is 4.43. The molecule has 2 aromatic rings. The van der Waals surface area contributed by atoms with Gasteiger partial charge < -0.3 is 15.0 Å². The van der Waals surface area contributed by atoms with E-state index in [2.05, 4.69) is 10.3 Å². The number of rotatable bonds is 4. The number of carbonyl (C=O) groups excluding carboxylic acids is 1. The maximum atomic E-state index is 11.9. The number of amides is 1. The number of pyridine rings is 1. The quantitative estimate of drug-likeness (QED) is 0.888. The Balaban J connectivity index is 2.06. The van der Waals surface area contributed by atoms with Crippen LogP contribution in [0.1, 0.15) is 21.6 Å². The zero-order valence-corrected chi connectivity index (χ0v) is 11.4. The van der Waals surface area contributed by atoms with Crippen LogP contribution in [0, 0.1) is 6.92 Å². The van der Waals surface area contributed by atoms with Gasteiger partial charge in [-0.2, -0.15) is 0 Å². The lowest BCUT2D eigenvalue weighted by Gasteiger charge is -2.07. The minimum Gasteiger partial charge on any atom is -0.497 e. The minimum atomic E-state index is -0.394. The summed E-state index contributed by atoms with van der Waals surface area (Å²) in [5.41, 5.74) is 1.45. The van der Waals surface area contributed by atoms with Crippen LogP contribution in [0.3, 0.4) is 0 Å². The number of H-pyrrole nitrogens is 1. The molecule has 0 spiro atoms. The summed E-state index contributed by atoms with van der Waals surface area (Å²) in [4.78, 5) is 26.5. The Morgan fingerprint density at radius 2 is 2.15 bits per heavy atom. The van der Waals surface area contributed by atoms with Crippen molar-refractivity contribution in [3.05, 3.63) is 63.6 Å². The van der Waals surface area contributed by atoms with Crippen LogP contribution >= 0.6 is 0 Å². The summed E-state index contributed by atoms with van der Waals surface area (Å²) >= 11 is 0. The molecule has 0 atom stereocenters. The molecule has 104 valence electrons. The van der Waals surface area contributed by atoms with Crippen LogP contribution in [-0.2, 0) is 6.54 Å². The highest BCUT2D eigenvalue weighted by Crippen LogP contribution is 2.12. The average Bonchev–Trinajstić information content (AvgIpc) is 2.45. The summed E-state index contributed by atoms with van der Waals surface area (Å²) in [5.74, 6) is 0.332. The number of benzene rings is 1. The van der Waals surface area contributed by atoms with Gasteiger partial charge in [0.05, 0.1) is 7.11 Å². The number of carbonyl (C=O) groups is 1. The van der Waals surface area contributed by atoms with Crippen LogP contribution in [0.25, 0.3) is 0 Å². The van der Waals surface area contributed by atoms with Gasteiger partial charge in [-0.1, -0.05) is 12.1 Å². The highest BCUT2D eigenvalue weighted by molar-refractivity contribution is 5.93. The lowest BCUT2D eigenvalue weighted by atomic mass is 10.2. The van der Waals surface area contributed by atoms with E-state index in [-0.39, 0.29) is 11.0 Å². The second-order valence-electron chi connectivity index (χ2n) is 4.43. The highest BCUT2D eigenvalue weighted by Gasteiger charge is 2.09. The first-order valence-electron chi connectivity index (χ1n) is 6.20. The summed E-state index contributed by atoms with van der Waals surface area (Å²) in [6.07, 6.45) is 1.43. The molecular formula is C15H16N2O3. The van der Waals surface area contributed by atoms with Gasteiger partial charge in [-0.15, -0.1) is 0 Å². The van der Waals surface area contributed by atoms with Gasteiger partial charge in [0, 0.05) is 24.5 Å². The first-order chi connectivity index (χ1) is 9.60. The van der Waals surface area contributed by atoms with Crippen molar-refractivity contribution in [2.45, 2.75) is 13.5 Å². The normalized spacial score (nSPS) is 10.1. The van der Waals surface area contributed by atoms with Crippen molar-refractivity contribution in [3.63, 3.8) is 0 Å². The van der Waals surface area contributed by atoms with Gasteiger partial charge in [0.2, 0.25) is 0 Å². The fourth-order valence-corrected chi connectivity index (χ4v) is 1.81. The largest absolute Gasteiger partial charge is 0.497 e. The van der Waals surface area contributed by atoms with E-state index in [1.807, 2.05) is 24.3 Å². The number of nitrogens with one attached hydrogen (secondary N) is 2. The van der Waals surface area contributed by atoms with Gasteiger partial charge in [-0.05, 0) is 24.6 Å². The fraction of sp³-hybridized carbons (Fsp3) is 0.200. The number of hydrogen-bond acceptors (Lipinski definition) is 3. The van der Waals surface area contributed by atoms with E-state index >= 15 is 0 Å². The molecular weight excluding hydrogens is 256 g/mol. The molecule has 0 aliphatic heterocycles. The van der Waals surface area contributed by atoms with Gasteiger partial charge in [0.1, 0.15) is 11.3 Å². The predicted octanol–water partition coefficient (Wildman–Crippen LogP) is 1.62. The molecule has 1 amide bonds. The van der Waals surface area contributed by atoms with Crippen LogP contribution in [0.2, 0.25) is 0 Å². The van der Waals surface area contributed by atoms with Crippen LogP contribution in [0.4, 0.5) is 0 Å².